The van der Waals surface area contributed by atoms with Crippen LogP contribution >= 0.6 is 0 Å². The molecule has 4 rings (SSSR count). The molecule has 0 bridgehead atoms. The third-order valence-corrected chi connectivity index (χ3v) is 5.09. The molecule has 0 fully saturated rings. The molecule has 0 aliphatic rings. The lowest BCUT2D eigenvalue weighted by Gasteiger charge is -2.20. The predicted molar refractivity (Wildman–Crippen MR) is 121 cm³/mol. The molecule has 0 radical (unpaired) electrons. The number of nitrogens with zero attached hydrogens (tertiary/aromatic N) is 2. The topological polar surface area (TPSA) is 84.3 Å². The van der Waals surface area contributed by atoms with Gasteiger partial charge in [-0.05, 0) is 41.0 Å². The Morgan fingerprint density at radius 2 is 1.47 bits per heavy atom. The summed E-state index contributed by atoms with van der Waals surface area (Å²) in [6.07, 6.45) is 1.21. The van der Waals surface area contributed by atoms with E-state index in [1.807, 2.05) is 30.3 Å². The fraction of sp³-hybridized carbons (Fsp3) is 0.115. The Balaban J connectivity index is 1.48. The second-order valence-electron chi connectivity index (χ2n) is 7.51. The van der Waals surface area contributed by atoms with Crippen molar-refractivity contribution in [3.63, 3.8) is 0 Å². The van der Waals surface area contributed by atoms with Gasteiger partial charge in [-0.2, -0.15) is 4.98 Å². The van der Waals surface area contributed by atoms with Crippen molar-refractivity contribution in [2.45, 2.75) is 19.3 Å². The first-order chi connectivity index (χ1) is 16.5. The Morgan fingerprint density at radius 1 is 0.882 bits per heavy atom. The summed E-state index contributed by atoms with van der Waals surface area (Å²) in [5.41, 5.74) is 2.00. The van der Waals surface area contributed by atoms with Gasteiger partial charge in [-0.3, -0.25) is 4.79 Å². The maximum Gasteiger partial charge on any atom is 0.259 e. The highest BCUT2D eigenvalue weighted by molar-refractivity contribution is 5.96. The zero-order chi connectivity index (χ0) is 23.9. The number of halogens is 2. The Morgan fingerprint density at radius 3 is 2.03 bits per heavy atom. The second-order valence-corrected chi connectivity index (χ2v) is 7.51. The summed E-state index contributed by atoms with van der Waals surface area (Å²) in [6.45, 7) is 0.405. The van der Waals surface area contributed by atoms with Gasteiger partial charge in [0.25, 0.3) is 5.91 Å². The van der Waals surface area contributed by atoms with Crippen LogP contribution in [0.1, 0.15) is 38.9 Å². The summed E-state index contributed by atoms with van der Waals surface area (Å²) in [5, 5.41) is 13.1. The number of aromatic nitrogens is 2. The minimum absolute atomic E-state index is 0.0537. The van der Waals surface area contributed by atoms with Gasteiger partial charge in [-0.1, -0.05) is 54.6 Å². The summed E-state index contributed by atoms with van der Waals surface area (Å²) < 4.78 is 32.4. The van der Waals surface area contributed by atoms with Gasteiger partial charge in [0.05, 0.1) is 12.6 Å². The molecular formula is C26H21F2N3O3. The summed E-state index contributed by atoms with van der Waals surface area (Å²) in [7, 11) is 0. The first-order valence-electron chi connectivity index (χ1n) is 10.5. The van der Waals surface area contributed by atoms with E-state index in [0.717, 1.165) is 5.56 Å². The van der Waals surface area contributed by atoms with Crippen LogP contribution in [0.2, 0.25) is 0 Å². The molecule has 34 heavy (non-hydrogen) atoms. The van der Waals surface area contributed by atoms with Crippen LogP contribution in [-0.2, 0) is 18.0 Å². The lowest BCUT2D eigenvalue weighted by molar-refractivity contribution is 0.0934. The van der Waals surface area contributed by atoms with Gasteiger partial charge in [-0.25, -0.2) is 13.8 Å². The molecule has 2 N–H and O–H groups in total. The minimum Gasteiger partial charge on any atom is -0.493 e. The average Bonchev–Trinajstić information content (AvgIpc) is 2.84. The van der Waals surface area contributed by atoms with Crippen molar-refractivity contribution in [1.29, 1.82) is 0 Å². The molecule has 0 saturated heterocycles. The SMILES string of the molecule is O=C(NC(c1ccc(F)cc1)c1ccc(F)cc1)c1cnc(COCc2ccccc2)nc1O. The molecule has 3 aromatic carbocycles. The van der Waals surface area contributed by atoms with E-state index < -0.39 is 29.5 Å². The molecule has 4 aromatic rings. The lowest BCUT2D eigenvalue weighted by atomic mass is 9.98. The number of benzene rings is 3. The van der Waals surface area contributed by atoms with Gasteiger partial charge in [0.1, 0.15) is 23.8 Å². The zero-order valence-corrected chi connectivity index (χ0v) is 18.0. The van der Waals surface area contributed by atoms with Crippen molar-refractivity contribution in [3.8, 4) is 5.88 Å². The summed E-state index contributed by atoms with van der Waals surface area (Å²) in [6, 6.07) is 20.0. The van der Waals surface area contributed by atoms with Crippen LogP contribution < -0.4 is 5.32 Å². The Hall–Kier alpha value is -4.17. The molecule has 0 atom stereocenters. The molecule has 1 heterocycles. The van der Waals surface area contributed by atoms with Gasteiger partial charge >= 0.3 is 0 Å². The maximum absolute atomic E-state index is 13.4. The van der Waals surface area contributed by atoms with Crippen LogP contribution in [0, 0.1) is 11.6 Å². The van der Waals surface area contributed by atoms with E-state index in [1.54, 1.807) is 0 Å². The maximum atomic E-state index is 13.4. The van der Waals surface area contributed by atoms with Crippen LogP contribution in [0.15, 0.2) is 85.1 Å². The standard InChI is InChI=1S/C26H21F2N3O3/c27-20-10-6-18(7-11-20)24(19-8-12-21(28)13-9-19)31-26(33)22-14-29-23(30-25(22)32)16-34-15-17-4-2-1-3-5-17/h1-14,24H,15-16H2,(H,31,33)(H,29,30,32). The third kappa shape index (κ3) is 5.79. The van der Waals surface area contributed by atoms with E-state index in [2.05, 4.69) is 15.3 Å². The Bertz CT molecular complexity index is 1210. The van der Waals surface area contributed by atoms with Crippen LogP contribution in [0.3, 0.4) is 0 Å². The number of ether oxygens (including phenoxy) is 1. The number of carbonyl (C=O) groups is 1. The molecule has 1 amide bonds. The van der Waals surface area contributed by atoms with Gasteiger partial charge < -0.3 is 15.2 Å². The lowest BCUT2D eigenvalue weighted by Crippen LogP contribution is -2.29. The molecule has 0 saturated carbocycles. The zero-order valence-electron chi connectivity index (χ0n) is 18.0. The molecule has 0 aliphatic heterocycles. The van der Waals surface area contributed by atoms with Crippen molar-refractivity contribution in [1.82, 2.24) is 15.3 Å². The minimum atomic E-state index is -0.720. The number of rotatable bonds is 8. The largest absolute Gasteiger partial charge is 0.493 e. The third-order valence-electron chi connectivity index (χ3n) is 5.09. The van der Waals surface area contributed by atoms with Gasteiger partial charge in [0, 0.05) is 6.20 Å². The molecule has 1 aromatic heterocycles. The summed E-state index contributed by atoms with van der Waals surface area (Å²) >= 11 is 0. The van der Waals surface area contributed by atoms with Crippen molar-refractivity contribution >= 4 is 5.91 Å². The molecule has 6 nitrogen and oxygen atoms in total. The van der Waals surface area contributed by atoms with E-state index in [4.69, 9.17) is 4.74 Å². The molecule has 0 aliphatic carbocycles. The fourth-order valence-corrected chi connectivity index (χ4v) is 3.35. The van der Waals surface area contributed by atoms with Crippen molar-refractivity contribution < 1.29 is 23.4 Å². The quantitative estimate of drug-likeness (QED) is 0.398. The van der Waals surface area contributed by atoms with Crippen LogP contribution in [-0.4, -0.2) is 21.0 Å². The number of amides is 1. The molecule has 8 heteroatoms. The summed E-state index contributed by atoms with van der Waals surface area (Å²) in [4.78, 5) is 21.0. The average molecular weight is 461 g/mol. The highest BCUT2D eigenvalue weighted by Crippen LogP contribution is 2.24. The number of hydrogen-bond donors (Lipinski definition) is 2. The van der Waals surface area contributed by atoms with Gasteiger partial charge in [-0.15, -0.1) is 0 Å². The van der Waals surface area contributed by atoms with Gasteiger partial charge in [0.15, 0.2) is 5.82 Å². The van der Waals surface area contributed by atoms with E-state index in [-0.39, 0.29) is 18.0 Å². The Kier molecular flexibility index (Phi) is 7.19. The fourth-order valence-electron chi connectivity index (χ4n) is 3.35. The van der Waals surface area contributed by atoms with E-state index in [0.29, 0.717) is 17.7 Å². The van der Waals surface area contributed by atoms with E-state index >= 15 is 0 Å². The molecule has 0 unspecified atom stereocenters. The number of aromatic hydroxyl groups is 1. The first-order valence-corrected chi connectivity index (χ1v) is 10.5. The van der Waals surface area contributed by atoms with Crippen molar-refractivity contribution in [3.05, 3.63) is 125 Å². The van der Waals surface area contributed by atoms with E-state index in [9.17, 15) is 18.7 Å². The van der Waals surface area contributed by atoms with E-state index in [1.165, 1.54) is 54.7 Å². The number of nitrogens with one attached hydrogen (secondary N) is 1. The van der Waals surface area contributed by atoms with Crippen LogP contribution in [0.5, 0.6) is 5.88 Å². The van der Waals surface area contributed by atoms with Crippen LogP contribution in [0.25, 0.3) is 0 Å². The van der Waals surface area contributed by atoms with Crippen LogP contribution in [0.4, 0.5) is 8.78 Å². The Labute approximate surface area is 194 Å². The van der Waals surface area contributed by atoms with Gasteiger partial charge in [0.2, 0.25) is 5.88 Å². The highest BCUT2D eigenvalue weighted by Gasteiger charge is 2.21. The summed E-state index contributed by atoms with van der Waals surface area (Å²) in [5.74, 6) is -1.78. The molecule has 172 valence electrons. The monoisotopic (exact) mass is 461 g/mol. The molecular weight excluding hydrogens is 440 g/mol. The number of carbonyl (C=O) groups excluding carboxylic acids is 1. The highest BCUT2D eigenvalue weighted by atomic mass is 19.1. The smallest absolute Gasteiger partial charge is 0.259 e. The van der Waals surface area contributed by atoms with Crippen molar-refractivity contribution in [2.75, 3.05) is 0 Å². The van der Waals surface area contributed by atoms with Crippen molar-refractivity contribution in [2.24, 2.45) is 0 Å². The first kappa shape index (κ1) is 23.0. The predicted octanol–water partition coefficient (Wildman–Crippen LogP) is 4.70. The molecule has 0 spiro atoms. The second kappa shape index (κ2) is 10.6. The normalized spacial score (nSPS) is 10.9. The number of hydrogen-bond acceptors (Lipinski definition) is 5.